The van der Waals surface area contributed by atoms with E-state index in [-0.39, 0.29) is 11.6 Å². The van der Waals surface area contributed by atoms with E-state index < -0.39 is 5.82 Å². The van der Waals surface area contributed by atoms with E-state index in [0.29, 0.717) is 30.5 Å². The number of halogens is 1. The fraction of sp³-hybridized carbons (Fsp3) is 0.368. The first-order valence-corrected chi connectivity index (χ1v) is 8.22. The molecule has 0 radical (unpaired) electrons. The van der Waals surface area contributed by atoms with Gasteiger partial charge in [-0.25, -0.2) is 9.37 Å². The molecule has 1 aromatic carbocycles. The third-order valence-electron chi connectivity index (χ3n) is 4.49. The molecule has 0 bridgehead atoms. The molecule has 1 saturated heterocycles. The largest absolute Gasteiger partial charge is 0.493 e. The van der Waals surface area contributed by atoms with E-state index in [0.717, 1.165) is 24.6 Å². The second kappa shape index (κ2) is 7.51. The second-order valence-corrected chi connectivity index (χ2v) is 6.16. The zero-order valence-electron chi connectivity index (χ0n) is 14.4. The molecular formula is C19H21FN2O3. The van der Waals surface area contributed by atoms with Crippen LogP contribution >= 0.6 is 0 Å². The van der Waals surface area contributed by atoms with Gasteiger partial charge in [0.05, 0.1) is 20.4 Å². The van der Waals surface area contributed by atoms with E-state index in [1.54, 1.807) is 19.1 Å². The van der Waals surface area contributed by atoms with Crippen molar-refractivity contribution in [3.05, 3.63) is 53.6 Å². The summed E-state index contributed by atoms with van der Waals surface area (Å²) in [5.74, 6) is 1.21. The minimum Gasteiger partial charge on any atom is -0.493 e. The summed E-state index contributed by atoms with van der Waals surface area (Å²) < 4.78 is 23.5. The van der Waals surface area contributed by atoms with Crippen molar-refractivity contribution < 1.29 is 18.7 Å². The van der Waals surface area contributed by atoms with Crippen molar-refractivity contribution in [3.8, 4) is 11.5 Å². The van der Waals surface area contributed by atoms with Crippen LogP contribution in [0.1, 0.15) is 22.5 Å². The summed E-state index contributed by atoms with van der Waals surface area (Å²) in [6.45, 7) is 1.36. The summed E-state index contributed by atoms with van der Waals surface area (Å²) in [4.78, 5) is 18.1. The number of benzene rings is 1. The maximum absolute atomic E-state index is 12.9. The highest BCUT2D eigenvalue weighted by Crippen LogP contribution is 2.30. The third-order valence-corrected chi connectivity index (χ3v) is 4.49. The Labute approximate surface area is 146 Å². The topological polar surface area (TPSA) is 51.7 Å². The molecule has 0 spiro atoms. The molecule has 3 rings (SSSR count). The smallest absolute Gasteiger partial charge is 0.272 e. The Kier molecular flexibility index (Phi) is 5.16. The fourth-order valence-corrected chi connectivity index (χ4v) is 3.19. The lowest BCUT2D eigenvalue weighted by molar-refractivity contribution is 0.0781. The normalized spacial score (nSPS) is 16.8. The van der Waals surface area contributed by atoms with Crippen molar-refractivity contribution in [2.24, 2.45) is 5.92 Å². The number of hydrogen-bond donors (Lipinski definition) is 0. The Morgan fingerprint density at radius 1 is 1.24 bits per heavy atom. The number of pyridine rings is 1. The van der Waals surface area contributed by atoms with E-state index in [1.807, 2.05) is 18.2 Å². The van der Waals surface area contributed by atoms with Gasteiger partial charge in [-0.15, -0.1) is 0 Å². The second-order valence-electron chi connectivity index (χ2n) is 6.16. The zero-order valence-corrected chi connectivity index (χ0v) is 14.4. The molecule has 1 amide bonds. The molecule has 1 atom stereocenters. The average molecular weight is 344 g/mol. The standard InChI is InChI=1S/C19H21FN2O3/c1-24-17-6-3-13(10-18(17)25-2)9-14-7-8-22(12-14)19(23)16-5-4-15(20)11-21-16/h3-6,10-11,14H,7-9,12H2,1-2H3. The fourth-order valence-electron chi connectivity index (χ4n) is 3.19. The number of carbonyl (C=O) groups is 1. The first-order valence-electron chi connectivity index (χ1n) is 8.22. The summed E-state index contributed by atoms with van der Waals surface area (Å²) in [5, 5.41) is 0. The van der Waals surface area contributed by atoms with Crippen molar-refractivity contribution in [1.29, 1.82) is 0 Å². The zero-order chi connectivity index (χ0) is 17.8. The number of ether oxygens (including phenoxy) is 2. The van der Waals surface area contributed by atoms with Gasteiger partial charge in [-0.05, 0) is 48.6 Å². The van der Waals surface area contributed by atoms with E-state index in [2.05, 4.69) is 4.98 Å². The minimum atomic E-state index is -0.440. The maximum Gasteiger partial charge on any atom is 0.272 e. The SMILES string of the molecule is COc1ccc(CC2CCN(C(=O)c3ccc(F)cn3)C2)cc1OC. The molecule has 5 nitrogen and oxygen atoms in total. The van der Waals surface area contributed by atoms with E-state index >= 15 is 0 Å². The first kappa shape index (κ1) is 17.2. The molecule has 25 heavy (non-hydrogen) atoms. The van der Waals surface area contributed by atoms with E-state index in [4.69, 9.17) is 9.47 Å². The highest BCUT2D eigenvalue weighted by atomic mass is 19.1. The van der Waals surface area contributed by atoms with Gasteiger partial charge in [-0.1, -0.05) is 6.07 Å². The van der Waals surface area contributed by atoms with Crippen molar-refractivity contribution in [2.45, 2.75) is 12.8 Å². The highest BCUT2D eigenvalue weighted by molar-refractivity contribution is 5.92. The predicted molar refractivity (Wildman–Crippen MR) is 91.5 cm³/mol. The molecule has 0 N–H and O–H groups in total. The minimum absolute atomic E-state index is 0.144. The molecular weight excluding hydrogens is 323 g/mol. The average Bonchev–Trinajstić information content (AvgIpc) is 3.10. The molecule has 1 aliphatic heterocycles. The maximum atomic E-state index is 12.9. The Hall–Kier alpha value is -2.63. The molecule has 0 aliphatic carbocycles. The van der Waals surface area contributed by atoms with Crippen LogP contribution < -0.4 is 9.47 Å². The van der Waals surface area contributed by atoms with Crippen LogP contribution in [0, 0.1) is 11.7 Å². The molecule has 2 aromatic rings. The third kappa shape index (κ3) is 3.90. The van der Waals surface area contributed by atoms with Gasteiger partial charge in [0.15, 0.2) is 11.5 Å². The Bertz CT molecular complexity index is 749. The van der Waals surface area contributed by atoms with Gasteiger partial charge in [0.25, 0.3) is 5.91 Å². The molecule has 0 saturated carbocycles. The molecule has 2 heterocycles. The van der Waals surface area contributed by atoms with Crippen molar-refractivity contribution in [1.82, 2.24) is 9.88 Å². The van der Waals surface area contributed by atoms with Gasteiger partial charge in [0, 0.05) is 13.1 Å². The van der Waals surface area contributed by atoms with Crippen LogP contribution in [0.4, 0.5) is 4.39 Å². The van der Waals surface area contributed by atoms with Crippen LogP contribution in [0.2, 0.25) is 0 Å². The monoisotopic (exact) mass is 344 g/mol. The van der Waals surface area contributed by atoms with Gasteiger partial charge in [0.2, 0.25) is 0 Å². The van der Waals surface area contributed by atoms with Gasteiger partial charge in [-0.3, -0.25) is 4.79 Å². The number of nitrogens with zero attached hydrogens (tertiary/aromatic N) is 2. The van der Waals surface area contributed by atoms with Gasteiger partial charge in [-0.2, -0.15) is 0 Å². The van der Waals surface area contributed by atoms with E-state index in [1.165, 1.54) is 12.1 Å². The molecule has 1 unspecified atom stereocenters. The van der Waals surface area contributed by atoms with Crippen LogP contribution in [-0.2, 0) is 6.42 Å². The molecule has 132 valence electrons. The number of amides is 1. The number of aromatic nitrogens is 1. The molecule has 1 aromatic heterocycles. The molecule has 6 heteroatoms. The number of methoxy groups -OCH3 is 2. The molecule has 1 aliphatic rings. The lowest BCUT2D eigenvalue weighted by Crippen LogP contribution is -2.29. The van der Waals surface area contributed by atoms with Crippen LogP contribution in [-0.4, -0.2) is 43.1 Å². The Morgan fingerprint density at radius 2 is 2.04 bits per heavy atom. The summed E-state index contributed by atoms with van der Waals surface area (Å²) in [6.07, 6.45) is 2.87. The number of likely N-dealkylation sites (tertiary alicyclic amines) is 1. The van der Waals surface area contributed by atoms with Crippen molar-refractivity contribution >= 4 is 5.91 Å². The lowest BCUT2D eigenvalue weighted by Gasteiger charge is -2.16. The van der Waals surface area contributed by atoms with Crippen LogP contribution in [0.3, 0.4) is 0 Å². The number of rotatable bonds is 5. The lowest BCUT2D eigenvalue weighted by atomic mass is 9.98. The van der Waals surface area contributed by atoms with Gasteiger partial charge in [0.1, 0.15) is 11.5 Å². The molecule has 1 fully saturated rings. The summed E-state index contributed by atoms with van der Waals surface area (Å²) in [7, 11) is 3.23. The van der Waals surface area contributed by atoms with Crippen LogP contribution in [0.25, 0.3) is 0 Å². The van der Waals surface area contributed by atoms with Gasteiger partial charge < -0.3 is 14.4 Å². The predicted octanol–water partition coefficient (Wildman–Crippen LogP) is 2.94. The van der Waals surface area contributed by atoms with E-state index in [9.17, 15) is 9.18 Å². The summed E-state index contributed by atoms with van der Waals surface area (Å²) >= 11 is 0. The number of carbonyl (C=O) groups excluding carboxylic acids is 1. The Morgan fingerprint density at radius 3 is 2.72 bits per heavy atom. The Balaban J connectivity index is 1.63. The van der Waals surface area contributed by atoms with Crippen molar-refractivity contribution in [3.63, 3.8) is 0 Å². The highest BCUT2D eigenvalue weighted by Gasteiger charge is 2.27. The van der Waals surface area contributed by atoms with Gasteiger partial charge >= 0.3 is 0 Å². The van der Waals surface area contributed by atoms with Crippen molar-refractivity contribution in [2.75, 3.05) is 27.3 Å². The summed E-state index contributed by atoms with van der Waals surface area (Å²) in [6, 6.07) is 8.59. The summed E-state index contributed by atoms with van der Waals surface area (Å²) in [5.41, 5.74) is 1.44. The first-order chi connectivity index (χ1) is 12.1. The van der Waals surface area contributed by atoms with Crippen LogP contribution in [0.15, 0.2) is 36.5 Å². The quantitative estimate of drug-likeness (QED) is 0.837. The van der Waals surface area contributed by atoms with Crippen LogP contribution in [0.5, 0.6) is 11.5 Å². The number of hydrogen-bond acceptors (Lipinski definition) is 4.